The fraction of sp³-hybridized carbons (Fsp3) is 0.200. The molecule has 2 aromatic carbocycles. The van der Waals surface area contributed by atoms with E-state index in [9.17, 15) is 9.70 Å². The molecule has 8 nitrogen and oxygen atoms in total. The number of para-hydroxylation sites is 1. The summed E-state index contributed by atoms with van der Waals surface area (Å²) in [6.45, 7) is 6.37. The Kier molecular flexibility index (Phi) is 6.64. The quantitative estimate of drug-likeness (QED) is 0.289. The largest absolute Gasteiger partial charge is 0.457 e. The van der Waals surface area contributed by atoms with Crippen LogP contribution < -0.4 is 15.1 Å². The number of hydrogen-bond acceptors (Lipinski definition) is 6. The molecule has 1 unspecified atom stereocenters. The van der Waals surface area contributed by atoms with Crippen LogP contribution in [0.25, 0.3) is 0 Å². The second-order valence-corrected chi connectivity index (χ2v) is 7.86. The molecule has 3 aromatic rings. The highest BCUT2D eigenvalue weighted by Gasteiger charge is 2.32. The number of hydrogen-bond donors (Lipinski definition) is 1. The van der Waals surface area contributed by atoms with Gasteiger partial charge in [-0.25, -0.2) is 5.01 Å². The Balaban J connectivity index is 1.48. The van der Waals surface area contributed by atoms with Crippen LogP contribution in [0.3, 0.4) is 0 Å². The summed E-state index contributed by atoms with van der Waals surface area (Å²) in [5.41, 5.74) is 2.52. The van der Waals surface area contributed by atoms with E-state index in [1.54, 1.807) is 30.3 Å². The Hall–Kier alpha value is -4.20. The lowest BCUT2D eigenvalue weighted by atomic mass is 10.2. The van der Waals surface area contributed by atoms with E-state index in [-0.39, 0.29) is 11.9 Å². The zero-order valence-electron chi connectivity index (χ0n) is 18.3. The van der Waals surface area contributed by atoms with E-state index in [2.05, 4.69) is 22.2 Å². The third-order valence-corrected chi connectivity index (χ3v) is 5.41. The van der Waals surface area contributed by atoms with Crippen molar-refractivity contribution in [1.82, 2.24) is 9.88 Å². The van der Waals surface area contributed by atoms with E-state index < -0.39 is 0 Å². The molecule has 1 saturated heterocycles. The fourth-order valence-electron chi connectivity index (χ4n) is 3.77. The number of nitroso groups, excluding NO2 is 1. The van der Waals surface area contributed by atoms with Gasteiger partial charge in [-0.05, 0) is 55.8 Å². The Morgan fingerprint density at radius 2 is 1.88 bits per heavy atom. The van der Waals surface area contributed by atoms with Crippen molar-refractivity contribution in [3.8, 4) is 11.5 Å². The van der Waals surface area contributed by atoms with E-state index >= 15 is 0 Å². The molecule has 168 valence electrons. The summed E-state index contributed by atoms with van der Waals surface area (Å²) >= 11 is 0. The summed E-state index contributed by atoms with van der Waals surface area (Å²) in [5, 5.41) is 8.00. The fourth-order valence-corrected chi connectivity index (χ4v) is 3.77. The summed E-state index contributed by atoms with van der Waals surface area (Å²) < 4.78 is 5.83. The number of carbonyl (C=O) groups excluding carboxylic acids is 1. The number of rotatable bonds is 8. The number of aromatic nitrogens is 1. The molecule has 0 radical (unpaired) electrons. The average molecular weight is 444 g/mol. The second kappa shape index (κ2) is 9.95. The molecule has 0 aliphatic carbocycles. The monoisotopic (exact) mass is 443 g/mol. The topological polar surface area (TPSA) is 87.1 Å². The number of carbonyl (C=O) groups is 1. The molecule has 8 heteroatoms. The van der Waals surface area contributed by atoms with Gasteiger partial charge in [0.05, 0.1) is 28.9 Å². The van der Waals surface area contributed by atoms with Crippen LogP contribution in [0.5, 0.6) is 11.5 Å². The third-order valence-electron chi connectivity index (χ3n) is 5.41. The van der Waals surface area contributed by atoms with Crippen molar-refractivity contribution >= 4 is 23.0 Å². The maximum Gasteiger partial charge on any atom is 0.248 e. The highest BCUT2D eigenvalue weighted by atomic mass is 16.5. The maximum absolute atomic E-state index is 12.3. The van der Waals surface area contributed by atoms with Crippen molar-refractivity contribution in [2.75, 3.05) is 23.4 Å². The molecular weight excluding hydrogens is 418 g/mol. The van der Waals surface area contributed by atoms with Crippen LogP contribution in [-0.2, 0) is 4.79 Å². The summed E-state index contributed by atoms with van der Waals surface area (Å²) in [6.07, 6.45) is 3.90. The minimum atomic E-state index is -0.226. The van der Waals surface area contributed by atoms with Gasteiger partial charge in [-0.2, -0.15) is 0 Å². The van der Waals surface area contributed by atoms with Crippen molar-refractivity contribution < 1.29 is 9.53 Å². The summed E-state index contributed by atoms with van der Waals surface area (Å²) in [5.74, 6) is 1.37. The second-order valence-electron chi connectivity index (χ2n) is 7.86. The zero-order valence-corrected chi connectivity index (χ0v) is 18.3. The summed E-state index contributed by atoms with van der Waals surface area (Å²) in [7, 11) is 0. The van der Waals surface area contributed by atoms with Crippen LogP contribution in [0.1, 0.15) is 13.3 Å². The van der Waals surface area contributed by atoms with Gasteiger partial charge < -0.3 is 15.0 Å². The van der Waals surface area contributed by atoms with Crippen molar-refractivity contribution in [3.63, 3.8) is 0 Å². The number of pyridine rings is 1. The van der Waals surface area contributed by atoms with E-state index in [4.69, 9.17) is 4.74 Å². The molecule has 1 aromatic heterocycles. The lowest BCUT2D eigenvalue weighted by molar-refractivity contribution is -0.126. The van der Waals surface area contributed by atoms with Crippen LogP contribution in [0.2, 0.25) is 0 Å². The van der Waals surface area contributed by atoms with Crippen molar-refractivity contribution in [3.05, 3.63) is 90.1 Å². The number of likely N-dealkylation sites (tertiary alicyclic amines) is 1. The number of nitrogens with one attached hydrogen (secondary N) is 1. The van der Waals surface area contributed by atoms with Crippen LogP contribution in [0.4, 0.5) is 17.1 Å². The standard InChI is InChI=1S/C25H25N5O3/c1-18(2)25(31)29-15-13-20(17-29)30(28-32)24-12-14-26-16-23(24)27-19-8-10-22(11-9-19)33-21-6-4-3-5-7-21/h3-12,14,16,20,27H,1,13,15,17H2,2H3. The van der Waals surface area contributed by atoms with Gasteiger partial charge in [0, 0.05) is 30.5 Å². The van der Waals surface area contributed by atoms with E-state index in [0.29, 0.717) is 42.2 Å². The van der Waals surface area contributed by atoms with Crippen molar-refractivity contribution in [2.45, 2.75) is 19.4 Å². The molecule has 0 spiro atoms. The Morgan fingerprint density at radius 1 is 1.15 bits per heavy atom. The molecule has 33 heavy (non-hydrogen) atoms. The predicted molar refractivity (Wildman–Crippen MR) is 129 cm³/mol. The number of amides is 1. The number of ether oxygens (including phenoxy) is 1. The molecule has 0 saturated carbocycles. The van der Waals surface area contributed by atoms with Crippen molar-refractivity contribution in [2.24, 2.45) is 5.29 Å². The minimum absolute atomic E-state index is 0.103. The first-order chi connectivity index (χ1) is 16.0. The normalized spacial score (nSPS) is 15.1. The van der Waals surface area contributed by atoms with Crippen LogP contribution >= 0.6 is 0 Å². The molecule has 4 rings (SSSR count). The van der Waals surface area contributed by atoms with Gasteiger partial charge in [-0.3, -0.25) is 9.78 Å². The number of benzene rings is 2. The summed E-state index contributed by atoms with van der Waals surface area (Å²) in [6, 6.07) is 18.6. The van der Waals surface area contributed by atoms with E-state index in [0.717, 1.165) is 11.4 Å². The molecule has 1 atom stereocenters. The molecule has 1 aliphatic rings. The van der Waals surface area contributed by atoms with Crippen LogP contribution in [0, 0.1) is 4.91 Å². The van der Waals surface area contributed by atoms with Crippen molar-refractivity contribution in [1.29, 1.82) is 0 Å². The number of anilines is 3. The Bertz CT molecular complexity index is 1130. The lowest BCUT2D eigenvalue weighted by Gasteiger charge is -2.25. The molecule has 1 aliphatic heterocycles. The first kappa shape index (κ1) is 22.0. The van der Waals surface area contributed by atoms with Crippen LogP contribution in [-0.4, -0.2) is 34.9 Å². The van der Waals surface area contributed by atoms with E-state index in [1.807, 2.05) is 54.6 Å². The van der Waals surface area contributed by atoms with Gasteiger partial charge in [0.15, 0.2) is 0 Å². The Labute approximate surface area is 192 Å². The van der Waals surface area contributed by atoms with Gasteiger partial charge in [-0.15, -0.1) is 4.91 Å². The van der Waals surface area contributed by atoms with Gasteiger partial charge >= 0.3 is 0 Å². The molecular formula is C25H25N5O3. The predicted octanol–water partition coefficient (Wildman–Crippen LogP) is 5.28. The first-order valence-electron chi connectivity index (χ1n) is 10.7. The highest BCUT2D eigenvalue weighted by molar-refractivity contribution is 5.92. The minimum Gasteiger partial charge on any atom is -0.457 e. The van der Waals surface area contributed by atoms with Gasteiger partial charge in [0.1, 0.15) is 11.5 Å². The molecule has 1 fully saturated rings. The lowest BCUT2D eigenvalue weighted by Crippen LogP contribution is -2.36. The average Bonchev–Trinajstić information content (AvgIpc) is 3.32. The van der Waals surface area contributed by atoms with Gasteiger partial charge in [0.25, 0.3) is 0 Å². The molecule has 1 N–H and O–H groups in total. The highest BCUT2D eigenvalue weighted by Crippen LogP contribution is 2.33. The molecule has 0 bridgehead atoms. The number of nitrogens with zero attached hydrogens (tertiary/aromatic N) is 4. The zero-order chi connectivity index (χ0) is 23.2. The van der Waals surface area contributed by atoms with Gasteiger partial charge in [0.2, 0.25) is 5.91 Å². The first-order valence-corrected chi connectivity index (χ1v) is 10.7. The molecule has 1 amide bonds. The Morgan fingerprint density at radius 3 is 2.58 bits per heavy atom. The smallest absolute Gasteiger partial charge is 0.248 e. The maximum atomic E-state index is 12.3. The van der Waals surface area contributed by atoms with Gasteiger partial charge in [-0.1, -0.05) is 24.8 Å². The SMILES string of the molecule is C=C(C)C(=O)N1CCC(N(N=O)c2ccncc2Nc2ccc(Oc3ccccc3)cc2)C1. The third kappa shape index (κ3) is 5.17. The summed E-state index contributed by atoms with van der Waals surface area (Å²) in [4.78, 5) is 30.0. The van der Waals surface area contributed by atoms with E-state index in [1.165, 1.54) is 5.01 Å². The van der Waals surface area contributed by atoms with Crippen LogP contribution in [0.15, 0.2) is 90.5 Å². The molecule has 2 heterocycles.